The standard InChI is InChI=1S/C10H9F3N4OS2/c11-10(12,13)19-4-3-16-8(18)7-5(14)6-9(20-7)17-2-1-15-6/h1-2H,3-4,14H2,(H,16,18). The molecule has 0 radical (unpaired) electrons. The van der Waals surface area contributed by atoms with E-state index in [0.717, 1.165) is 11.3 Å². The Labute approximate surface area is 119 Å². The van der Waals surface area contributed by atoms with Crippen LogP contribution in [0.4, 0.5) is 18.9 Å². The average molecular weight is 322 g/mol. The maximum absolute atomic E-state index is 11.9. The third kappa shape index (κ3) is 3.51. The van der Waals surface area contributed by atoms with Gasteiger partial charge in [0, 0.05) is 24.7 Å². The normalized spacial score (nSPS) is 11.8. The van der Waals surface area contributed by atoms with E-state index in [4.69, 9.17) is 5.73 Å². The van der Waals surface area contributed by atoms with Crippen molar-refractivity contribution in [1.29, 1.82) is 0 Å². The maximum Gasteiger partial charge on any atom is 0.441 e. The Bertz CT molecular complexity index is 628. The summed E-state index contributed by atoms with van der Waals surface area (Å²) in [7, 11) is 0. The number of fused-ring (bicyclic) bond motifs is 1. The number of hydrogen-bond acceptors (Lipinski definition) is 6. The van der Waals surface area contributed by atoms with Gasteiger partial charge in [0.15, 0.2) is 0 Å². The predicted molar refractivity (Wildman–Crippen MR) is 72.7 cm³/mol. The number of thiophene rings is 1. The van der Waals surface area contributed by atoms with Crippen LogP contribution in [-0.4, -0.2) is 33.7 Å². The first-order valence-electron chi connectivity index (χ1n) is 5.36. The molecule has 0 aliphatic rings. The molecule has 2 rings (SSSR count). The van der Waals surface area contributed by atoms with E-state index in [-0.39, 0.29) is 34.6 Å². The number of hydrogen-bond donors (Lipinski definition) is 2. The minimum absolute atomic E-state index is 0.0997. The van der Waals surface area contributed by atoms with Crippen molar-refractivity contribution in [1.82, 2.24) is 15.3 Å². The SMILES string of the molecule is Nc1c(C(=O)NCCSC(F)(F)F)sc2nccnc12. The molecule has 20 heavy (non-hydrogen) atoms. The summed E-state index contributed by atoms with van der Waals surface area (Å²) < 4.78 is 35.8. The van der Waals surface area contributed by atoms with Gasteiger partial charge in [-0.05, 0) is 11.8 Å². The Morgan fingerprint density at radius 3 is 2.75 bits per heavy atom. The molecule has 0 bridgehead atoms. The van der Waals surface area contributed by atoms with Gasteiger partial charge in [0.05, 0.1) is 5.69 Å². The molecular weight excluding hydrogens is 313 g/mol. The van der Waals surface area contributed by atoms with Gasteiger partial charge in [0.1, 0.15) is 15.2 Å². The van der Waals surface area contributed by atoms with E-state index in [1.165, 1.54) is 12.4 Å². The average Bonchev–Trinajstić information content (AvgIpc) is 2.72. The van der Waals surface area contributed by atoms with E-state index in [2.05, 4.69) is 15.3 Å². The molecule has 0 atom stereocenters. The molecule has 0 aromatic carbocycles. The molecule has 0 spiro atoms. The van der Waals surface area contributed by atoms with Crippen molar-refractivity contribution in [3.8, 4) is 0 Å². The number of alkyl halides is 3. The summed E-state index contributed by atoms with van der Waals surface area (Å²) in [5.41, 5.74) is 2.10. The Balaban J connectivity index is 1.99. The van der Waals surface area contributed by atoms with Crippen molar-refractivity contribution in [2.45, 2.75) is 5.51 Å². The van der Waals surface area contributed by atoms with Crippen molar-refractivity contribution < 1.29 is 18.0 Å². The summed E-state index contributed by atoms with van der Waals surface area (Å²) >= 11 is 0.869. The van der Waals surface area contributed by atoms with Crippen molar-refractivity contribution in [3.63, 3.8) is 0 Å². The Morgan fingerprint density at radius 2 is 2.10 bits per heavy atom. The maximum atomic E-state index is 11.9. The molecule has 2 heterocycles. The highest BCUT2D eigenvalue weighted by atomic mass is 32.2. The third-order valence-electron chi connectivity index (χ3n) is 2.22. The largest absolute Gasteiger partial charge is 0.441 e. The van der Waals surface area contributed by atoms with Crippen LogP contribution < -0.4 is 11.1 Å². The number of nitrogens with two attached hydrogens (primary N) is 1. The molecule has 2 aromatic rings. The fourth-order valence-corrected chi connectivity index (χ4v) is 2.80. The van der Waals surface area contributed by atoms with Gasteiger partial charge in [0.2, 0.25) is 0 Å². The summed E-state index contributed by atoms with van der Waals surface area (Å²) in [6.07, 6.45) is 2.92. The number of carbonyl (C=O) groups excluding carboxylic acids is 1. The van der Waals surface area contributed by atoms with Crippen LogP contribution in [-0.2, 0) is 0 Å². The molecule has 0 unspecified atom stereocenters. The summed E-state index contributed by atoms with van der Waals surface area (Å²) in [4.78, 5) is 20.6. The molecule has 1 amide bonds. The zero-order chi connectivity index (χ0) is 14.8. The van der Waals surface area contributed by atoms with E-state index in [0.29, 0.717) is 10.3 Å². The Morgan fingerprint density at radius 1 is 1.40 bits per heavy atom. The number of nitrogens with one attached hydrogen (secondary N) is 1. The highest BCUT2D eigenvalue weighted by Crippen LogP contribution is 2.31. The summed E-state index contributed by atoms with van der Waals surface area (Å²) in [6, 6.07) is 0. The van der Waals surface area contributed by atoms with Gasteiger partial charge in [-0.1, -0.05) is 0 Å². The van der Waals surface area contributed by atoms with Crippen LogP contribution in [0.25, 0.3) is 10.3 Å². The number of anilines is 1. The van der Waals surface area contributed by atoms with Gasteiger partial charge in [-0.3, -0.25) is 4.79 Å². The zero-order valence-electron chi connectivity index (χ0n) is 9.90. The van der Waals surface area contributed by atoms with Crippen molar-refractivity contribution in [2.75, 3.05) is 18.0 Å². The number of amides is 1. The molecule has 0 saturated carbocycles. The second-order valence-electron chi connectivity index (χ2n) is 3.61. The van der Waals surface area contributed by atoms with E-state index in [9.17, 15) is 18.0 Å². The molecule has 10 heteroatoms. The lowest BCUT2D eigenvalue weighted by molar-refractivity contribution is -0.0327. The second kappa shape index (κ2) is 5.83. The third-order valence-corrected chi connectivity index (χ3v) is 4.06. The van der Waals surface area contributed by atoms with Gasteiger partial charge < -0.3 is 11.1 Å². The zero-order valence-corrected chi connectivity index (χ0v) is 11.5. The minimum Gasteiger partial charge on any atom is -0.396 e. The van der Waals surface area contributed by atoms with Crippen molar-refractivity contribution in [2.24, 2.45) is 0 Å². The lowest BCUT2D eigenvalue weighted by Crippen LogP contribution is -2.26. The highest BCUT2D eigenvalue weighted by molar-refractivity contribution is 8.00. The van der Waals surface area contributed by atoms with Gasteiger partial charge in [-0.2, -0.15) is 13.2 Å². The number of nitrogens with zero attached hydrogens (tertiary/aromatic N) is 2. The van der Waals surface area contributed by atoms with Crippen LogP contribution in [0.2, 0.25) is 0 Å². The molecular formula is C10H9F3N4OS2. The van der Waals surface area contributed by atoms with Gasteiger partial charge >= 0.3 is 5.51 Å². The lowest BCUT2D eigenvalue weighted by atomic mass is 10.3. The minimum atomic E-state index is -4.30. The first-order valence-corrected chi connectivity index (χ1v) is 7.16. The highest BCUT2D eigenvalue weighted by Gasteiger charge is 2.27. The first kappa shape index (κ1) is 14.9. The summed E-state index contributed by atoms with van der Waals surface area (Å²) in [5.74, 6) is -0.772. The van der Waals surface area contributed by atoms with Crippen LogP contribution in [0.15, 0.2) is 12.4 Å². The molecule has 2 aromatic heterocycles. The van der Waals surface area contributed by atoms with Crippen molar-refractivity contribution >= 4 is 45.0 Å². The molecule has 0 saturated heterocycles. The van der Waals surface area contributed by atoms with Gasteiger partial charge in [-0.25, -0.2) is 9.97 Å². The fraction of sp³-hybridized carbons (Fsp3) is 0.300. The number of halogens is 3. The Kier molecular flexibility index (Phi) is 4.33. The lowest BCUT2D eigenvalue weighted by Gasteiger charge is -2.06. The van der Waals surface area contributed by atoms with Gasteiger partial charge in [0.25, 0.3) is 5.91 Å². The van der Waals surface area contributed by atoms with E-state index < -0.39 is 11.4 Å². The van der Waals surface area contributed by atoms with Crippen LogP contribution in [0, 0.1) is 0 Å². The summed E-state index contributed by atoms with van der Waals surface area (Å²) in [6.45, 7) is -0.0997. The monoisotopic (exact) mass is 322 g/mol. The van der Waals surface area contributed by atoms with E-state index >= 15 is 0 Å². The van der Waals surface area contributed by atoms with E-state index in [1.54, 1.807) is 0 Å². The first-order chi connectivity index (χ1) is 9.38. The molecule has 5 nitrogen and oxygen atoms in total. The topological polar surface area (TPSA) is 80.9 Å². The van der Waals surface area contributed by atoms with Crippen LogP contribution in [0.5, 0.6) is 0 Å². The molecule has 3 N–H and O–H groups in total. The van der Waals surface area contributed by atoms with Crippen LogP contribution >= 0.6 is 23.1 Å². The molecule has 108 valence electrons. The van der Waals surface area contributed by atoms with Crippen LogP contribution in [0.1, 0.15) is 9.67 Å². The van der Waals surface area contributed by atoms with Crippen molar-refractivity contribution in [3.05, 3.63) is 17.3 Å². The second-order valence-corrected chi connectivity index (χ2v) is 5.76. The molecule has 0 fully saturated rings. The predicted octanol–water partition coefficient (Wildman–Crippen LogP) is 2.26. The quantitative estimate of drug-likeness (QED) is 0.844. The molecule has 0 aliphatic carbocycles. The van der Waals surface area contributed by atoms with Crippen LogP contribution in [0.3, 0.4) is 0 Å². The number of carbonyl (C=O) groups is 1. The fourth-order valence-electron chi connectivity index (χ4n) is 1.42. The number of aromatic nitrogens is 2. The number of rotatable bonds is 4. The smallest absolute Gasteiger partial charge is 0.396 e. The van der Waals surface area contributed by atoms with Gasteiger partial charge in [-0.15, -0.1) is 11.3 Å². The Hall–Kier alpha value is -1.55. The number of nitrogen functional groups attached to an aromatic ring is 1. The number of thioether (sulfide) groups is 1. The molecule has 0 aliphatic heterocycles. The van der Waals surface area contributed by atoms with E-state index in [1.807, 2.05) is 0 Å². The summed E-state index contributed by atoms with van der Waals surface area (Å²) in [5, 5.41) is 2.39.